The van der Waals surface area contributed by atoms with E-state index in [1.54, 1.807) is 36.4 Å². The summed E-state index contributed by atoms with van der Waals surface area (Å²) in [7, 11) is 0. The van der Waals surface area contributed by atoms with E-state index in [-0.39, 0.29) is 12.5 Å². The van der Waals surface area contributed by atoms with Crippen LogP contribution in [0.25, 0.3) is 0 Å². The zero-order valence-electron chi connectivity index (χ0n) is 10.3. The van der Waals surface area contributed by atoms with Crippen LogP contribution in [0.4, 0.5) is 5.69 Å². The highest BCUT2D eigenvalue weighted by Crippen LogP contribution is 2.13. The molecule has 1 amide bonds. The van der Waals surface area contributed by atoms with Crippen molar-refractivity contribution < 1.29 is 9.90 Å². The van der Waals surface area contributed by atoms with Gasteiger partial charge in [-0.15, -0.1) is 0 Å². The van der Waals surface area contributed by atoms with E-state index in [9.17, 15) is 4.79 Å². The summed E-state index contributed by atoms with van der Waals surface area (Å²) in [5.41, 5.74) is 3.19. The molecule has 4 heteroatoms. The Bertz CT molecular complexity index is 567. The van der Waals surface area contributed by atoms with Gasteiger partial charge in [0, 0.05) is 16.6 Å². The highest BCUT2D eigenvalue weighted by molar-refractivity contribution is 9.08. The molecule has 0 aliphatic rings. The Kier molecular flexibility index (Phi) is 4.71. The average Bonchev–Trinajstić information content (AvgIpc) is 2.47. The number of alkyl halides is 1. The highest BCUT2D eigenvalue weighted by Gasteiger charge is 2.06. The zero-order valence-corrected chi connectivity index (χ0v) is 11.9. The molecule has 2 N–H and O–H groups in total. The number of rotatable bonds is 4. The number of aliphatic hydroxyl groups excluding tert-OH is 1. The maximum atomic E-state index is 12.0. The third kappa shape index (κ3) is 3.66. The van der Waals surface area contributed by atoms with Gasteiger partial charge >= 0.3 is 0 Å². The lowest BCUT2D eigenvalue weighted by Crippen LogP contribution is -2.11. The normalized spacial score (nSPS) is 10.2. The largest absolute Gasteiger partial charge is 0.392 e. The fraction of sp³-hybridized carbons (Fsp3) is 0.133. The van der Waals surface area contributed by atoms with E-state index in [2.05, 4.69) is 21.2 Å². The van der Waals surface area contributed by atoms with Crippen molar-refractivity contribution in [3.05, 3.63) is 65.2 Å². The molecule has 0 saturated heterocycles. The number of halogens is 1. The van der Waals surface area contributed by atoms with Gasteiger partial charge in [0.2, 0.25) is 0 Å². The molecule has 0 fully saturated rings. The number of benzene rings is 2. The molecule has 0 bridgehead atoms. The molecule has 98 valence electrons. The molecule has 0 saturated carbocycles. The SMILES string of the molecule is O=C(Nc1cccc(CO)c1)c1ccc(CBr)cc1. The van der Waals surface area contributed by atoms with E-state index in [1.165, 1.54) is 0 Å². The molecular weight excluding hydrogens is 306 g/mol. The fourth-order valence-electron chi connectivity index (χ4n) is 1.70. The molecule has 19 heavy (non-hydrogen) atoms. The van der Waals surface area contributed by atoms with Gasteiger partial charge < -0.3 is 10.4 Å². The molecule has 0 atom stereocenters. The second-order valence-electron chi connectivity index (χ2n) is 4.14. The van der Waals surface area contributed by atoms with Crippen molar-refractivity contribution in [3.8, 4) is 0 Å². The van der Waals surface area contributed by atoms with E-state index in [4.69, 9.17) is 5.11 Å². The second-order valence-corrected chi connectivity index (χ2v) is 4.70. The van der Waals surface area contributed by atoms with E-state index < -0.39 is 0 Å². The van der Waals surface area contributed by atoms with Crippen molar-refractivity contribution in [3.63, 3.8) is 0 Å². The number of carbonyl (C=O) groups excluding carboxylic acids is 1. The number of hydrogen-bond donors (Lipinski definition) is 2. The number of amides is 1. The highest BCUT2D eigenvalue weighted by atomic mass is 79.9. The van der Waals surface area contributed by atoms with Gasteiger partial charge in [0.15, 0.2) is 0 Å². The summed E-state index contributed by atoms with van der Waals surface area (Å²) in [5.74, 6) is -0.156. The average molecular weight is 320 g/mol. The predicted octanol–water partition coefficient (Wildman–Crippen LogP) is 3.33. The monoisotopic (exact) mass is 319 g/mol. The predicted molar refractivity (Wildman–Crippen MR) is 79.4 cm³/mol. The van der Waals surface area contributed by atoms with Crippen LogP contribution in [0.1, 0.15) is 21.5 Å². The summed E-state index contributed by atoms with van der Waals surface area (Å²) in [6, 6.07) is 14.6. The number of nitrogens with one attached hydrogen (secondary N) is 1. The van der Waals surface area contributed by atoms with Gasteiger partial charge in [-0.2, -0.15) is 0 Å². The van der Waals surface area contributed by atoms with Crippen LogP contribution in [0.3, 0.4) is 0 Å². The first kappa shape index (κ1) is 13.8. The van der Waals surface area contributed by atoms with Crippen molar-refractivity contribution in [2.75, 3.05) is 5.32 Å². The summed E-state index contributed by atoms with van der Waals surface area (Å²) >= 11 is 3.36. The maximum absolute atomic E-state index is 12.0. The summed E-state index contributed by atoms with van der Waals surface area (Å²) in [4.78, 5) is 12.0. The molecule has 0 unspecified atom stereocenters. The van der Waals surface area contributed by atoms with Crippen LogP contribution in [-0.2, 0) is 11.9 Å². The first-order valence-electron chi connectivity index (χ1n) is 5.89. The first-order chi connectivity index (χ1) is 9.22. The van der Waals surface area contributed by atoms with Crippen LogP contribution < -0.4 is 5.32 Å². The number of carbonyl (C=O) groups is 1. The second kappa shape index (κ2) is 6.50. The minimum atomic E-state index is -0.156. The molecule has 0 aliphatic heterocycles. The molecule has 0 heterocycles. The maximum Gasteiger partial charge on any atom is 0.255 e. The lowest BCUT2D eigenvalue weighted by molar-refractivity contribution is 0.102. The van der Waals surface area contributed by atoms with Gasteiger partial charge in [0.1, 0.15) is 0 Å². The minimum absolute atomic E-state index is 0.0380. The lowest BCUT2D eigenvalue weighted by Gasteiger charge is -2.07. The fourth-order valence-corrected chi connectivity index (χ4v) is 2.07. The van der Waals surface area contributed by atoms with Gasteiger partial charge in [0.05, 0.1) is 6.61 Å². The van der Waals surface area contributed by atoms with Gasteiger partial charge in [-0.25, -0.2) is 0 Å². The van der Waals surface area contributed by atoms with Gasteiger partial charge in [-0.1, -0.05) is 40.2 Å². The van der Waals surface area contributed by atoms with Crippen molar-refractivity contribution in [2.45, 2.75) is 11.9 Å². The Morgan fingerprint density at radius 2 is 1.84 bits per heavy atom. The molecule has 2 rings (SSSR count). The van der Waals surface area contributed by atoms with Crippen LogP contribution in [-0.4, -0.2) is 11.0 Å². The molecule has 0 radical (unpaired) electrons. The minimum Gasteiger partial charge on any atom is -0.392 e. The molecule has 2 aromatic rings. The Labute approximate surface area is 120 Å². The van der Waals surface area contributed by atoms with Crippen LogP contribution in [0, 0.1) is 0 Å². The first-order valence-corrected chi connectivity index (χ1v) is 7.01. The molecule has 2 aromatic carbocycles. The summed E-state index contributed by atoms with van der Waals surface area (Å²) < 4.78 is 0. The van der Waals surface area contributed by atoms with Crippen molar-refractivity contribution in [2.24, 2.45) is 0 Å². The third-order valence-electron chi connectivity index (χ3n) is 2.74. The topological polar surface area (TPSA) is 49.3 Å². The van der Waals surface area contributed by atoms with Gasteiger partial charge in [-0.05, 0) is 35.4 Å². The number of hydrogen-bond acceptors (Lipinski definition) is 2. The molecular formula is C15H14BrNO2. The molecule has 0 spiro atoms. The number of anilines is 1. The van der Waals surface area contributed by atoms with E-state index in [0.717, 1.165) is 16.5 Å². The van der Waals surface area contributed by atoms with Crippen molar-refractivity contribution >= 4 is 27.5 Å². The standard InChI is InChI=1S/C15H14BrNO2/c16-9-11-4-6-13(7-5-11)15(19)17-14-3-1-2-12(8-14)10-18/h1-8,18H,9-10H2,(H,17,19). The Balaban J connectivity index is 2.11. The third-order valence-corrected chi connectivity index (χ3v) is 3.39. The van der Waals surface area contributed by atoms with Crippen molar-refractivity contribution in [1.82, 2.24) is 0 Å². The zero-order chi connectivity index (χ0) is 13.7. The summed E-state index contributed by atoms with van der Waals surface area (Å²) in [6.07, 6.45) is 0. The van der Waals surface area contributed by atoms with E-state index in [0.29, 0.717) is 11.3 Å². The van der Waals surface area contributed by atoms with Gasteiger partial charge in [0.25, 0.3) is 5.91 Å². The molecule has 0 aromatic heterocycles. The number of aliphatic hydroxyl groups is 1. The van der Waals surface area contributed by atoms with Crippen LogP contribution >= 0.6 is 15.9 Å². The Morgan fingerprint density at radius 1 is 1.11 bits per heavy atom. The lowest BCUT2D eigenvalue weighted by atomic mass is 10.1. The molecule has 0 aliphatic carbocycles. The molecule has 3 nitrogen and oxygen atoms in total. The van der Waals surface area contributed by atoms with Crippen molar-refractivity contribution in [1.29, 1.82) is 0 Å². The quantitative estimate of drug-likeness (QED) is 0.849. The van der Waals surface area contributed by atoms with Gasteiger partial charge in [-0.3, -0.25) is 4.79 Å². The summed E-state index contributed by atoms with van der Waals surface area (Å²) in [6.45, 7) is -0.0380. The van der Waals surface area contributed by atoms with Crippen LogP contribution in [0.5, 0.6) is 0 Å². The smallest absolute Gasteiger partial charge is 0.255 e. The van der Waals surface area contributed by atoms with E-state index in [1.807, 2.05) is 12.1 Å². The van der Waals surface area contributed by atoms with Crippen LogP contribution in [0.2, 0.25) is 0 Å². The Morgan fingerprint density at radius 3 is 2.47 bits per heavy atom. The van der Waals surface area contributed by atoms with E-state index >= 15 is 0 Å². The van der Waals surface area contributed by atoms with Crippen LogP contribution in [0.15, 0.2) is 48.5 Å². The Hall–Kier alpha value is -1.65. The summed E-state index contributed by atoms with van der Waals surface area (Å²) in [5, 5.41) is 12.6.